The van der Waals surface area contributed by atoms with E-state index in [0.717, 1.165) is 19.6 Å². The third kappa shape index (κ3) is 7.98. The summed E-state index contributed by atoms with van der Waals surface area (Å²) in [5.74, 6) is 0. The molecule has 0 aromatic carbocycles. The van der Waals surface area contributed by atoms with E-state index in [1.807, 2.05) is 0 Å². The van der Waals surface area contributed by atoms with Gasteiger partial charge in [0.2, 0.25) is 0 Å². The van der Waals surface area contributed by atoms with Gasteiger partial charge in [0.1, 0.15) is 0 Å². The minimum absolute atomic E-state index is 0.583. The van der Waals surface area contributed by atoms with Crippen LogP contribution < -0.4 is 5.32 Å². The molecule has 1 unspecified atom stereocenters. The number of hydrogen-bond donors (Lipinski definition) is 1. The van der Waals surface area contributed by atoms with Crippen molar-refractivity contribution in [1.29, 1.82) is 0 Å². The lowest BCUT2D eigenvalue weighted by atomic mass is 10.3. The van der Waals surface area contributed by atoms with Gasteiger partial charge in [-0.3, -0.25) is 0 Å². The van der Waals surface area contributed by atoms with Crippen LogP contribution in [0.5, 0.6) is 0 Å². The third-order valence-corrected chi connectivity index (χ3v) is 1.69. The van der Waals surface area contributed by atoms with Gasteiger partial charge in [0.15, 0.2) is 0 Å². The highest BCUT2D eigenvalue weighted by atomic mass is 15.1. The van der Waals surface area contributed by atoms with Crippen LogP contribution in [0.25, 0.3) is 0 Å². The number of hydrogen-bond acceptors (Lipinski definition) is 3. The Morgan fingerprint density at radius 2 is 1.67 bits per heavy atom. The summed E-state index contributed by atoms with van der Waals surface area (Å²) in [6.07, 6.45) is 0. The molecule has 0 aliphatic heterocycles. The van der Waals surface area contributed by atoms with Gasteiger partial charge in [-0.15, -0.1) is 0 Å². The monoisotopic (exact) mass is 173 g/mol. The zero-order valence-corrected chi connectivity index (χ0v) is 9.09. The highest BCUT2D eigenvalue weighted by Crippen LogP contribution is 1.84. The van der Waals surface area contributed by atoms with Crippen LogP contribution in [0.4, 0.5) is 0 Å². The Balaban J connectivity index is 3.25. The van der Waals surface area contributed by atoms with E-state index in [1.54, 1.807) is 0 Å². The fourth-order valence-electron chi connectivity index (χ4n) is 1.15. The highest BCUT2D eigenvalue weighted by molar-refractivity contribution is 4.63. The van der Waals surface area contributed by atoms with Gasteiger partial charge < -0.3 is 15.1 Å². The Morgan fingerprint density at radius 3 is 2.08 bits per heavy atom. The summed E-state index contributed by atoms with van der Waals surface area (Å²) >= 11 is 0. The van der Waals surface area contributed by atoms with Crippen molar-refractivity contribution in [2.24, 2.45) is 0 Å². The maximum Gasteiger partial charge on any atom is 0.0167 e. The third-order valence-electron chi connectivity index (χ3n) is 1.69. The first-order valence-corrected chi connectivity index (χ1v) is 4.55. The average molecular weight is 173 g/mol. The van der Waals surface area contributed by atoms with E-state index in [4.69, 9.17) is 0 Å². The Kier molecular flexibility index (Phi) is 6.34. The van der Waals surface area contributed by atoms with Crippen LogP contribution in [0.3, 0.4) is 0 Å². The van der Waals surface area contributed by atoms with Gasteiger partial charge in [-0.1, -0.05) is 0 Å². The van der Waals surface area contributed by atoms with E-state index in [-0.39, 0.29) is 0 Å². The van der Waals surface area contributed by atoms with E-state index in [1.165, 1.54) is 0 Å². The van der Waals surface area contributed by atoms with E-state index in [2.05, 4.69) is 50.2 Å². The SMILES string of the molecule is CC(CN(C)C)NCCN(C)C. The van der Waals surface area contributed by atoms with Gasteiger partial charge in [0, 0.05) is 25.7 Å². The van der Waals surface area contributed by atoms with Gasteiger partial charge in [-0.05, 0) is 35.1 Å². The zero-order valence-electron chi connectivity index (χ0n) is 9.09. The fourth-order valence-corrected chi connectivity index (χ4v) is 1.15. The summed E-state index contributed by atoms with van der Waals surface area (Å²) in [5.41, 5.74) is 0. The molecule has 3 nitrogen and oxygen atoms in total. The molecule has 0 spiro atoms. The van der Waals surface area contributed by atoms with Crippen molar-refractivity contribution in [2.75, 3.05) is 47.8 Å². The largest absolute Gasteiger partial charge is 0.312 e. The van der Waals surface area contributed by atoms with Crippen molar-refractivity contribution in [3.05, 3.63) is 0 Å². The minimum Gasteiger partial charge on any atom is -0.312 e. The number of nitrogens with zero attached hydrogens (tertiary/aromatic N) is 2. The molecular weight excluding hydrogens is 150 g/mol. The second-order valence-electron chi connectivity index (χ2n) is 3.92. The first-order valence-electron chi connectivity index (χ1n) is 4.55. The van der Waals surface area contributed by atoms with Crippen molar-refractivity contribution < 1.29 is 0 Å². The van der Waals surface area contributed by atoms with E-state index in [9.17, 15) is 0 Å². The van der Waals surface area contributed by atoms with Crippen LogP contribution in [0.1, 0.15) is 6.92 Å². The topological polar surface area (TPSA) is 18.5 Å². The maximum atomic E-state index is 3.46. The first-order chi connectivity index (χ1) is 5.52. The fraction of sp³-hybridized carbons (Fsp3) is 1.00. The van der Waals surface area contributed by atoms with E-state index < -0.39 is 0 Å². The molecule has 0 radical (unpaired) electrons. The van der Waals surface area contributed by atoms with Crippen LogP contribution in [0, 0.1) is 0 Å². The van der Waals surface area contributed by atoms with E-state index >= 15 is 0 Å². The van der Waals surface area contributed by atoms with Crippen LogP contribution >= 0.6 is 0 Å². The number of likely N-dealkylation sites (N-methyl/N-ethyl adjacent to an activating group) is 2. The summed E-state index contributed by atoms with van der Waals surface area (Å²) in [6.45, 7) is 5.50. The molecule has 1 atom stereocenters. The van der Waals surface area contributed by atoms with Crippen LogP contribution in [0.2, 0.25) is 0 Å². The smallest absolute Gasteiger partial charge is 0.0167 e. The molecular formula is C9H23N3. The molecule has 0 fully saturated rings. The predicted octanol–water partition coefficient (Wildman–Crippen LogP) is 0.0877. The van der Waals surface area contributed by atoms with Gasteiger partial charge in [0.05, 0.1) is 0 Å². The lowest BCUT2D eigenvalue weighted by molar-refractivity contribution is 0.332. The summed E-state index contributed by atoms with van der Waals surface area (Å²) in [6, 6.07) is 0.583. The predicted molar refractivity (Wildman–Crippen MR) is 54.6 cm³/mol. The summed E-state index contributed by atoms with van der Waals surface area (Å²) in [4.78, 5) is 4.39. The number of nitrogens with one attached hydrogen (secondary N) is 1. The molecule has 0 aliphatic rings. The van der Waals surface area contributed by atoms with E-state index in [0.29, 0.717) is 6.04 Å². The summed E-state index contributed by atoms with van der Waals surface area (Å²) in [7, 11) is 8.39. The molecule has 1 N–H and O–H groups in total. The second kappa shape index (κ2) is 6.40. The molecule has 74 valence electrons. The zero-order chi connectivity index (χ0) is 9.56. The molecule has 0 saturated heterocycles. The van der Waals surface area contributed by atoms with Gasteiger partial charge in [0.25, 0.3) is 0 Å². The maximum absolute atomic E-state index is 3.46. The first kappa shape index (κ1) is 11.9. The van der Waals surface area contributed by atoms with Crippen LogP contribution in [0.15, 0.2) is 0 Å². The Bertz CT molecular complexity index is 102. The van der Waals surface area contributed by atoms with Crippen LogP contribution in [-0.2, 0) is 0 Å². The van der Waals surface area contributed by atoms with Gasteiger partial charge in [-0.25, -0.2) is 0 Å². The molecule has 0 saturated carbocycles. The van der Waals surface area contributed by atoms with Crippen molar-refractivity contribution in [3.8, 4) is 0 Å². The van der Waals surface area contributed by atoms with Crippen LogP contribution in [-0.4, -0.2) is 63.7 Å². The molecule has 12 heavy (non-hydrogen) atoms. The summed E-state index contributed by atoms with van der Waals surface area (Å²) < 4.78 is 0. The van der Waals surface area contributed by atoms with Crippen molar-refractivity contribution in [2.45, 2.75) is 13.0 Å². The Morgan fingerprint density at radius 1 is 1.08 bits per heavy atom. The number of rotatable bonds is 6. The standard InChI is InChI=1S/C9H23N3/c1-9(8-12(4)5)10-6-7-11(2)3/h9-10H,6-8H2,1-5H3. The van der Waals surface area contributed by atoms with Gasteiger partial charge >= 0.3 is 0 Å². The molecule has 0 rings (SSSR count). The second-order valence-corrected chi connectivity index (χ2v) is 3.92. The normalized spacial score (nSPS) is 14.2. The molecule has 0 aliphatic carbocycles. The quantitative estimate of drug-likeness (QED) is 0.614. The lowest BCUT2D eigenvalue weighted by Gasteiger charge is -2.19. The molecule has 0 heterocycles. The van der Waals surface area contributed by atoms with Gasteiger partial charge in [-0.2, -0.15) is 0 Å². The van der Waals surface area contributed by atoms with Crippen molar-refractivity contribution in [3.63, 3.8) is 0 Å². The lowest BCUT2D eigenvalue weighted by Crippen LogP contribution is -2.39. The molecule has 3 heteroatoms. The van der Waals surface area contributed by atoms with Crippen molar-refractivity contribution >= 4 is 0 Å². The minimum atomic E-state index is 0.583. The summed E-state index contributed by atoms with van der Waals surface area (Å²) in [5, 5.41) is 3.46. The highest BCUT2D eigenvalue weighted by Gasteiger charge is 2.01. The molecule has 0 bridgehead atoms. The Labute approximate surface area is 76.7 Å². The molecule has 0 aromatic rings. The average Bonchev–Trinajstić information content (AvgIpc) is 1.84. The van der Waals surface area contributed by atoms with Crippen molar-refractivity contribution in [1.82, 2.24) is 15.1 Å². The Hall–Kier alpha value is -0.120. The molecule has 0 amide bonds. The molecule has 0 aromatic heterocycles.